The van der Waals surface area contributed by atoms with E-state index in [-0.39, 0.29) is 13.0 Å². The molecule has 2 aromatic rings. The van der Waals surface area contributed by atoms with Crippen LogP contribution in [-0.2, 0) is 18.4 Å². The zero-order valence-electron chi connectivity index (χ0n) is 9.78. The second-order valence-electron chi connectivity index (χ2n) is 3.86. The van der Waals surface area contributed by atoms with E-state index in [0.717, 1.165) is 11.0 Å². The van der Waals surface area contributed by atoms with Gasteiger partial charge in [-0.1, -0.05) is 19.1 Å². The maximum atomic E-state index is 13.0. The highest BCUT2D eigenvalue weighted by molar-refractivity contribution is 5.75. The fourth-order valence-electron chi connectivity index (χ4n) is 1.60. The summed E-state index contributed by atoms with van der Waals surface area (Å²) in [5.74, 6) is 0.499. The number of para-hydroxylation sites is 2. The lowest BCUT2D eigenvalue weighted by Crippen LogP contribution is -2.20. The molecule has 0 fully saturated rings. The lowest BCUT2D eigenvalue weighted by atomic mass is 10.3. The first-order valence-electron chi connectivity index (χ1n) is 5.45. The van der Waals surface area contributed by atoms with Gasteiger partial charge in [-0.15, -0.1) is 0 Å². The molecule has 1 aromatic heterocycles. The number of ether oxygens (including phenoxy) is 1. The van der Waals surface area contributed by atoms with Crippen LogP contribution in [0.3, 0.4) is 0 Å². The van der Waals surface area contributed by atoms with Crippen molar-refractivity contribution in [2.24, 2.45) is 7.05 Å². The summed E-state index contributed by atoms with van der Waals surface area (Å²) >= 11 is 0. The Hall–Kier alpha value is -1.49. The van der Waals surface area contributed by atoms with Gasteiger partial charge in [0.15, 0.2) is 0 Å². The predicted molar refractivity (Wildman–Crippen MR) is 60.7 cm³/mol. The fraction of sp³-hybridized carbons (Fsp3) is 0.417. The van der Waals surface area contributed by atoms with Crippen molar-refractivity contribution in [1.82, 2.24) is 9.55 Å². The Kier molecular flexibility index (Phi) is 3.11. The Balaban J connectivity index is 2.22. The van der Waals surface area contributed by atoms with Gasteiger partial charge in [0.1, 0.15) is 12.4 Å². The lowest BCUT2D eigenvalue weighted by molar-refractivity contribution is -0.247. The summed E-state index contributed by atoms with van der Waals surface area (Å²) in [5.41, 5.74) is 1.69. The highest BCUT2D eigenvalue weighted by Gasteiger charge is 2.27. The number of benzene rings is 1. The number of halogens is 2. The topological polar surface area (TPSA) is 27.1 Å². The van der Waals surface area contributed by atoms with Crippen LogP contribution < -0.4 is 0 Å². The van der Waals surface area contributed by atoms with Crippen LogP contribution in [0.1, 0.15) is 19.2 Å². The second-order valence-corrected chi connectivity index (χ2v) is 3.86. The van der Waals surface area contributed by atoms with E-state index in [1.54, 1.807) is 11.6 Å². The number of alkyl halides is 2. The van der Waals surface area contributed by atoms with Crippen molar-refractivity contribution in [3.63, 3.8) is 0 Å². The van der Waals surface area contributed by atoms with Gasteiger partial charge in [0.2, 0.25) is 0 Å². The summed E-state index contributed by atoms with van der Waals surface area (Å²) in [6.45, 7) is 1.20. The molecule has 92 valence electrons. The highest BCUT2D eigenvalue weighted by Crippen LogP contribution is 2.22. The molecule has 5 heteroatoms. The Morgan fingerprint density at radius 3 is 2.71 bits per heavy atom. The highest BCUT2D eigenvalue weighted by atomic mass is 19.3. The standard InChI is InChI=1S/C12H14F2N2O/c1-3-12(13,14)17-8-11-15-9-6-4-5-7-10(9)16(11)2/h4-7H,3,8H2,1-2H3. The quantitative estimate of drug-likeness (QED) is 0.821. The summed E-state index contributed by atoms with van der Waals surface area (Å²) in [6, 6.07) is 7.48. The Labute approximate surface area is 98.0 Å². The minimum absolute atomic E-state index is 0.188. The number of aryl methyl sites for hydroxylation is 1. The van der Waals surface area contributed by atoms with Crippen LogP contribution in [0.25, 0.3) is 11.0 Å². The van der Waals surface area contributed by atoms with Crippen molar-refractivity contribution in [1.29, 1.82) is 0 Å². The van der Waals surface area contributed by atoms with Crippen molar-refractivity contribution < 1.29 is 13.5 Å². The van der Waals surface area contributed by atoms with Crippen molar-refractivity contribution in [2.75, 3.05) is 0 Å². The van der Waals surface area contributed by atoms with Gasteiger partial charge in [-0.2, -0.15) is 8.78 Å². The third-order valence-electron chi connectivity index (χ3n) is 2.70. The van der Waals surface area contributed by atoms with E-state index in [0.29, 0.717) is 5.82 Å². The number of imidazole rings is 1. The van der Waals surface area contributed by atoms with Crippen molar-refractivity contribution >= 4 is 11.0 Å². The van der Waals surface area contributed by atoms with Gasteiger partial charge in [0.25, 0.3) is 0 Å². The summed E-state index contributed by atoms with van der Waals surface area (Å²) in [5, 5.41) is 0. The van der Waals surface area contributed by atoms with Crippen LogP contribution in [0, 0.1) is 0 Å². The molecule has 0 atom stereocenters. The van der Waals surface area contributed by atoms with Crippen LogP contribution >= 0.6 is 0 Å². The Bertz CT molecular complexity index is 522. The van der Waals surface area contributed by atoms with Gasteiger partial charge in [-0.25, -0.2) is 4.98 Å². The van der Waals surface area contributed by atoms with Crippen LogP contribution in [-0.4, -0.2) is 15.7 Å². The van der Waals surface area contributed by atoms with E-state index in [1.165, 1.54) is 6.92 Å². The number of aromatic nitrogens is 2. The summed E-state index contributed by atoms with van der Waals surface area (Å²) in [4.78, 5) is 4.25. The average molecular weight is 240 g/mol. The molecule has 0 aliphatic carbocycles. The maximum absolute atomic E-state index is 13.0. The third kappa shape index (κ3) is 2.44. The molecule has 0 bridgehead atoms. The Morgan fingerprint density at radius 1 is 1.35 bits per heavy atom. The molecule has 0 radical (unpaired) electrons. The molecular weight excluding hydrogens is 226 g/mol. The van der Waals surface area contributed by atoms with Crippen LogP contribution in [0.15, 0.2) is 24.3 Å². The molecule has 3 nitrogen and oxygen atoms in total. The average Bonchev–Trinajstić information content (AvgIpc) is 2.65. The van der Waals surface area contributed by atoms with E-state index in [2.05, 4.69) is 9.72 Å². The molecule has 0 unspecified atom stereocenters. The van der Waals surface area contributed by atoms with Crippen molar-refractivity contribution in [3.05, 3.63) is 30.1 Å². The molecule has 17 heavy (non-hydrogen) atoms. The minimum Gasteiger partial charge on any atom is -0.329 e. The molecule has 0 N–H and O–H groups in total. The number of fused-ring (bicyclic) bond motifs is 1. The van der Waals surface area contributed by atoms with Gasteiger partial charge in [0, 0.05) is 13.5 Å². The predicted octanol–water partition coefficient (Wildman–Crippen LogP) is 3.09. The SMILES string of the molecule is CCC(F)(F)OCc1nc2ccccc2n1C. The summed E-state index contributed by atoms with van der Waals surface area (Å²) in [7, 11) is 1.79. The maximum Gasteiger partial charge on any atom is 0.355 e. The lowest BCUT2D eigenvalue weighted by Gasteiger charge is -2.14. The van der Waals surface area contributed by atoms with Crippen LogP contribution in [0.2, 0.25) is 0 Å². The van der Waals surface area contributed by atoms with E-state index in [4.69, 9.17) is 0 Å². The molecule has 0 aliphatic rings. The zero-order valence-corrected chi connectivity index (χ0v) is 9.78. The normalized spacial score (nSPS) is 12.2. The number of nitrogens with zero attached hydrogens (tertiary/aromatic N) is 2. The smallest absolute Gasteiger partial charge is 0.329 e. The monoisotopic (exact) mass is 240 g/mol. The van der Waals surface area contributed by atoms with Crippen LogP contribution in [0.4, 0.5) is 8.78 Å². The van der Waals surface area contributed by atoms with Gasteiger partial charge >= 0.3 is 6.11 Å². The molecule has 0 aliphatic heterocycles. The van der Waals surface area contributed by atoms with E-state index >= 15 is 0 Å². The van der Waals surface area contributed by atoms with E-state index in [9.17, 15) is 8.78 Å². The van der Waals surface area contributed by atoms with E-state index < -0.39 is 6.11 Å². The Morgan fingerprint density at radius 2 is 2.06 bits per heavy atom. The fourth-order valence-corrected chi connectivity index (χ4v) is 1.60. The van der Waals surface area contributed by atoms with Gasteiger partial charge in [-0.05, 0) is 12.1 Å². The number of hydrogen-bond donors (Lipinski definition) is 0. The first-order valence-corrected chi connectivity index (χ1v) is 5.45. The molecule has 2 rings (SSSR count). The molecule has 0 saturated carbocycles. The van der Waals surface area contributed by atoms with Gasteiger partial charge in [-0.3, -0.25) is 0 Å². The molecule has 1 heterocycles. The van der Waals surface area contributed by atoms with Crippen molar-refractivity contribution in [3.8, 4) is 0 Å². The molecule has 0 amide bonds. The van der Waals surface area contributed by atoms with Gasteiger partial charge in [0.05, 0.1) is 11.0 Å². The second kappa shape index (κ2) is 4.41. The zero-order chi connectivity index (χ0) is 12.5. The largest absolute Gasteiger partial charge is 0.355 e. The minimum atomic E-state index is -3.09. The van der Waals surface area contributed by atoms with E-state index in [1.807, 2.05) is 24.3 Å². The first-order chi connectivity index (χ1) is 8.03. The summed E-state index contributed by atoms with van der Waals surface area (Å²) < 4.78 is 32.3. The molecule has 0 saturated heterocycles. The number of hydrogen-bond acceptors (Lipinski definition) is 2. The van der Waals surface area contributed by atoms with Gasteiger partial charge < -0.3 is 9.30 Å². The molecular formula is C12H14F2N2O. The molecule has 1 aromatic carbocycles. The van der Waals surface area contributed by atoms with Crippen LogP contribution in [0.5, 0.6) is 0 Å². The summed E-state index contributed by atoms with van der Waals surface area (Å²) in [6.07, 6.45) is -3.42. The molecule has 0 spiro atoms. The third-order valence-corrected chi connectivity index (χ3v) is 2.70. The first kappa shape index (κ1) is 12.0. The van der Waals surface area contributed by atoms with Crippen molar-refractivity contribution in [2.45, 2.75) is 26.1 Å². The number of rotatable bonds is 4.